The van der Waals surface area contributed by atoms with Crippen molar-refractivity contribution in [2.45, 2.75) is 6.42 Å². The van der Waals surface area contributed by atoms with Gasteiger partial charge in [-0.25, -0.2) is 0 Å². The van der Waals surface area contributed by atoms with Crippen LogP contribution in [-0.4, -0.2) is 36.6 Å². The number of anilines is 1. The number of non-ortho nitro benzene ring substituents is 1. The summed E-state index contributed by atoms with van der Waals surface area (Å²) in [5.41, 5.74) is 0.767. The summed E-state index contributed by atoms with van der Waals surface area (Å²) in [5, 5.41) is 13.2. The van der Waals surface area contributed by atoms with Crippen LogP contribution in [0.15, 0.2) is 42.5 Å². The van der Waals surface area contributed by atoms with E-state index in [4.69, 9.17) is 14.2 Å². The normalized spacial score (nSPS) is 12.1. The molecule has 0 aliphatic carbocycles. The maximum absolute atomic E-state index is 11.9. The molecule has 140 valence electrons. The molecule has 1 N–H and O–H groups in total. The van der Waals surface area contributed by atoms with Gasteiger partial charge < -0.3 is 19.5 Å². The first-order valence-electron chi connectivity index (χ1n) is 8.10. The second kappa shape index (κ2) is 8.17. The molecular formula is C18H16N2O7. The molecule has 0 atom stereocenters. The van der Waals surface area contributed by atoms with E-state index in [2.05, 4.69) is 5.32 Å². The summed E-state index contributed by atoms with van der Waals surface area (Å²) in [6.07, 6.45) is -0.0271. The Hall–Kier alpha value is -3.62. The average molecular weight is 372 g/mol. The number of esters is 1. The molecule has 1 aliphatic heterocycles. The molecule has 1 heterocycles. The van der Waals surface area contributed by atoms with Crippen molar-refractivity contribution in [3.8, 4) is 11.5 Å². The molecule has 0 bridgehead atoms. The van der Waals surface area contributed by atoms with Gasteiger partial charge in [0.05, 0.1) is 11.3 Å². The third kappa shape index (κ3) is 4.94. The minimum absolute atomic E-state index is 0.0271. The molecule has 27 heavy (non-hydrogen) atoms. The van der Waals surface area contributed by atoms with Crippen LogP contribution in [0.5, 0.6) is 11.5 Å². The molecule has 2 aromatic carbocycles. The summed E-state index contributed by atoms with van der Waals surface area (Å²) >= 11 is 0. The fraction of sp³-hybridized carbons (Fsp3) is 0.222. The van der Waals surface area contributed by atoms with Crippen LogP contribution in [-0.2, 0) is 20.7 Å². The van der Waals surface area contributed by atoms with Crippen LogP contribution in [0.1, 0.15) is 5.56 Å². The summed E-state index contributed by atoms with van der Waals surface area (Å²) in [6.45, 7) is 0.429. The Morgan fingerprint density at radius 2 is 1.89 bits per heavy atom. The molecular weight excluding hydrogens is 356 g/mol. The second-order valence-corrected chi connectivity index (χ2v) is 5.67. The predicted molar refractivity (Wildman–Crippen MR) is 93.8 cm³/mol. The van der Waals surface area contributed by atoms with Crippen molar-refractivity contribution in [1.82, 2.24) is 0 Å². The van der Waals surface area contributed by atoms with Crippen molar-refractivity contribution in [3.63, 3.8) is 0 Å². The highest BCUT2D eigenvalue weighted by atomic mass is 16.6. The third-order valence-electron chi connectivity index (χ3n) is 3.66. The molecule has 9 heteroatoms. The molecule has 0 saturated carbocycles. The first-order chi connectivity index (χ1) is 13.0. The van der Waals surface area contributed by atoms with E-state index in [9.17, 15) is 19.7 Å². The fourth-order valence-electron chi connectivity index (χ4n) is 2.46. The summed E-state index contributed by atoms with van der Waals surface area (Å²) in [7, 11) is 0. The minimum Gasteiger partial charge on any atom is -0.486 e. The highest BCUT2D eigenvalue weighted by Gasteiger charge is 2.15. The van der Waals surface area contributed by atoms with E-state index in [0.717, 1.165) is 0 Å². The Balaban J connectivity index is 1.49. The van der Waals surface area contributed by atoms with Crippen LogP contribution in [0.4, 0.5) is 11.4 Å². The second-order valence-electron chi connectivity index (χ2n) is 5.67. The number of ether oxygens (including phenoxy) is 3. The van der Waals surface area contributed by atoms with Gasteiger partial charge in [-0.1, -0.05) is 12.1 Å². The number of hydrogen-bond acceptors (Lipinski definition) is 7. The number of rotatable bonds is 6. The molecule has 2 aromatic rings. The largest absolute Gasteiger partial charge is 0.486 e. The van der Waals surface area contributed by atoms with E-state index < -0.39 is 23.4 Å². The van der Waals surface area contributed by atoms with Crippen molar-refractivity contribution >= 4 is 23.3 Å². The summed E-state index contributed by atoms with van der Waals surface area (Å²) in [4.78, 5) is 33.9. The zero-order valence-corrected chi connectivity index (χ0v) is 14.2. The minimum atomic E-state index is -0.592. The SMILES string of the molecule is O=C(COC(=O)Cc1ccc2c(c1)OCCO2)Nc1cccc([N+](=O)[O-])c1. The van der Waals surface area contributed by atoms with Crippen LogP contribution >= 0.6 is 0 Å². The van der Waals surface area contributed by atoms with Gasteiger partial charge >= 0.3 is 5.97 Å². The third-order valence-corrected chi connectivity index (χ3v) is 3.66. The van der Waals surface area contributed by atoms with Gasteiger partial charge in [-0.3, -0.25) is 19.7 Å². The number of carbonyl (C=O) groups is 2. The average Bonchev–Trinajstić information content (AvgIpc) is 2.66. The first-order valence-corrected chi connectivity index (χ1v) is 8.10. The highest BCUT2D eigenvalue weighted by molar-refractivity contribution is 5.93. The molecule has 1 amide bonds. The Labute approximate surface area is 154 Å². The Kier molecular flexibility index (Phi) is 5.50. The predicted octanol–water partition coefficient (Wildman–Crippen LogP) is 2.09. The standard InChI is InChI=1S/C18H16N2O7/c21-17(19-13-2-1-3-14(10-13)20(23)24)11-27-18(22)9-12-4-5-15-16(8-12)26-7-6-25-15/h1-5,8,10H,6-7,9,11H2,(H,19,21). The number of nitrogens with one attached hydrogen (secondary N) is 1. The van der Waals surface area contributed by atoms with Gasteiger partial charge in [0.15, 0.2) is 18.1 Å². The maximum Gasteiger partial charge on any atom is 0.310 e. The Bertz CT molecular complexity index is 882. The van der Waals surface area contributed by atoms with E-state index in [1.54, 1.807) is 18.2 Å². The zero-order chi connectivity index (χ0) is 19.2. The lowest BCUT2D eigenvalue weighted by molar-refractivity contribution is -0.384. The number of carbonyl (C=O) groups excluding carboxylic acids is 2. The number of hydrogen-bond donors (Lipinski definition) is 1. The number of benzene rings is 2. The molecule has 3 rings (SSSR count). The lowest BCUT2D eigenvalue weighted by Crippen LogP contribution is -2.21. The quantitative estimate of drug-likeness (QED) is 0.469. The van der Waals surface area contributed by atoms with Gasteiger partial charge in [-0.15, -0.1) is 0 Å². The molecule has 9 nitrogen and oxygen atoms in total. The van der Waals surface area contributed by atoms with E-state index >= 15 is 0 Å². The van der Waals surface area contributed by atoms with E-state index in [1.807, 2.05) is 0 Å². The monoisotopic (exact) mass is 372 g/mol. The van der Waals surface area contributed by atoms with Crippen LogP contribution in [0.2, 0.25) is 0 Å². The van der Waals surface area contributed by atoms with Crippen LogP contribution in [0, 0.1) is 10.1 Å². The van der Waals surface area contributed by atoms with E-state index in [1.165, 1.54) is 24.3 Å². The van der Waals surface area contributed by atoms with Crippen LogP contribution in [0.3, 0.4) is 0 Å². The number of amides is 1. The van der Waals surface area contributed by atoms with Crippen molar-refractivity contribution in [1.29, 1.82) is 0 Å². The molecule has 0 unspecified atom stereocenters. The molecule has 0 radical (unpaired) electrons. The number of nitro benzene ring substituents is 1. The number of fused-ring (bicyclic) bond motifs is 1. The Morgan fingerprint density at radius 3 is 2.67 bits per heavy atom. The Morgan fingerprint density at radius 1 is 1.11 bits per heavy atom. The molecule has 1 aliphatic rings. The maximum atomic E-state index is 11.9. The van der Waals surface area contributed by atoms with Gasteiger partial charge in [0.1, 0.15) is 13.2 Å². The summed E-state index contributed by atoms with van der Waals surface area (Å²) in [6, 6.07) is 10.6. The summed E-state index contributed by atoms with van der Waals surface area (Å²) < 4.78 is 15.8. The fourth-order valence-corrected chi connectivity index (χ4v) is 2.46. The van der Waals surface area contributed by atoms with Gasteiger partial charge in [0.25, 0.3) is 11.6 Å². The van der Waals surface area contributed by atoms with Gasteiger partial charge in [-0.05, 0) is 23.8 Å². The van der Waals surface area contributed by atoms with Crippen LogP contribution in [0.25, 0.3) is 0 Å². The van der Waals surface area contributed by atoms with Crippen molar-refractivity contribution < 1.29 is 28.7 Å². The van der Waals surface area contributed by atoms with Crippen LogP contribution < -0.4 is 14.8 Å². The number of nitrogens with zero attached hydrogens (tertiary/aromatic N) is 1. The van der Waals surface area contributed by atoms with Gasteiger partial charge in [-0.2, -0.15) is 0 Å². The van der Waals surface area contributed by atoms with Crippen molar-refractivity contribution in [2.24, 2.45) is 0 Å². The lowest BCUT2D eigenvalue weighted by Gasteiger charge is -2.18. The first kappa shape index (κ1) is 18.2. The topological polar surface area (TPSA) is 117 Å². The smallest absolute Gasteiger partial charge is 0.310 e. The molecule has 0 fully saturated rings. The molecule has 0 spiro atoms. The lowest BCUT2D eigenvalue weighted by atomic mass is 10.1. The summed E-state index contributed by atoms with van der Waals surface area (Å²) in [5.74, 6) is 0.0107. The zero-order valence-electron chi connectivity index (χ0n) is 14.2. The number of nitro groups is 1. The van der Waals surface area contributed by atoms with Gasteiger partial charge in [0.2, 0.25) is 0 Å². The molecule has 0 saturated heterocycles. The van der Waals surface area contributed by atoms with Crippen molar-refractivity contribution in [2.75, 3.05) is 25.1 Å². The van der Waals surface area contributed by atoms with E-state index in [-0.39, 0.29) is 17.8 Å². The highest BCUT2D eigenvalue weighted by Crippen LogP contribution is 2.30. The van der Waals surface area contributed by atoms with Crippen molar-refractivity contribution in [3.05, 3.63) is 58.1 Å². The van der Waals surface area contributed by atoms with E-state index in [0.29, 0.717) is 30.3 Å². The molecule has 0 aromatic heterocycles. The van der Waals surface area contributed by atoms with Gasteiger partial charge in [0, 0.05) is 17.8 Å².